The number of rotatable bonds is 7. The van der Waals surface area contributed by atoms with Crippen molar-refractivity contribution in [1.82, 2.24) is 0 Å². The highest BCUT2D eigenvalue weighted by atomic mass is 19.1. The van der Waals surface area contributed by atoms with Gasteiger partial charge in [-0.05, 0) is 49.6 Å². The second-order valence-electron chi connectivity index (χ2n) is 5.49. The number of anilines is 1. The molecule has 1 amide bonds. The zero-order valence-corrected chi connectivity index (χ0v) is 13.8. The lowest BCUT2D eigenvalue weighted by Crippen LogP contribution is -2.23. The predicted octanol–water partition coefficient (Wildman–Crippen LogP) is 3.67. The van der Waals surface area contributed by atoms with Gasteiger partial charge in [0.05, 0.1) is 7.11 Å². The van der Waals surface area contributed by atoms with Crippen molar-refractivity contribution in [3.05, 3.63) is 59.4 Å². The highest BCUT2D eigenvalue weighted by Crippen LogP contribution is 2.18. The van der Waals surface area contributed by atoms with Crippen molar-refractivity contribution in [1.29, 1.82) is 0 Å². The standard InChI is InChI=1S/C19H20FNO3/c1-13-16(20)6-4-7-17(13)21-19(23)18(22)8-3-5-14-9-11-15(24-2)12-10-14/h4,6-7,9-12H,3,5,8H2,1-2H3,(H,21,23). The van der Waals surface area contributed by atoms with Gasteiger partial charge in [0.2, 0.25) is 5.78 Å². The number of Topliss-reactive ketones (excluding diaryl/α,β-unsaturated/α-hetero) is 1. The summed E-state index contributed by atoms with van der Waals surface area (Å²) in [5.74, 6) is -0.856. The summed E-state index contributed by atoms with van der Waals surface area (Å²) in [5, 5.41) is 2.47. The van der Waals surface area contributed by atoms with Gasteiger partial charge in [0, 0.05) is 17.7 Å². The number of nitrogens with one attached hydrogen (secondary N) is 1. The van der Waals surface area contributed by atoms with Crippen LogP contribution in [0.4, 0.5) is 10.1 Å². The van der Waals surface area contributed by atoms with Gasteiger partial charge < -0.3 is 10.1 Å². The third-order valence-electron chi connectivity index (χ3n) is 3.80. The number of ketones is 1. The van der Waals surface area contributed by atoms with E-state index in [2.05, 4.69) is 5.32 Å². The number of carbonyl (C=O) groups excluding carboxylic acids is 2. The van der Waals surface area contributed by atoms with Crippen molar-refractivity contribution in [3.63, 3.8) is 0 Å². The second-order valence-corrected chi connectivity index (χ2v) is 5.49. The first kappa shape index (κ1) is 17.7. The fraction of sp³-hybridized carbons (Fsp3) is 0.263. The molecule has 0 aliphatic carbocycles. The van der Waals surface area contributed by atoms with Gasteiger partial charge >= 0.3 is 0 Å². The number of amides is 1. The topological polar surface area (TPSA) is 55.4 Å². The number of carbonyl (C=O) groups is 2. The van der Waals surface area contributed by atoms with Crippen LogP contribution in [0, 0.1) is 12.7 Å². The van der Waals surface area contributed by atoms with Crippen molar-refractivity contribution in [2.45, 2.75) is 26.2 Å². The van der Waals surface area contributed by atoms with E-state index in [1.807, 2.05) is 24.3 Å². The van der Waals surface area contributed by atoms with E-state index in [1.54, 1.807) is 20.1 Å². The van der Waals surface area contributed by atoms with Crippen LogP contribution < -0.4 is 10.1 Å². The number of halogens is 1. The second kappa shape index (κ2) is 8.24. The zero-order chi connectivity index (χ0) is 17.5. The molecule has 0 radical (unpaired) electrons. The Morgan fingerprint density at radius 1 is 1.12 bits per heavy atom. The number of hydrogen-bond acceptors (Lipinski definition) is 3. The van der Waals surface area contributed by atoms with Crippen molar-refractivity contribution in [2.75, 3.05) is 12.4 Å². The molecule has 0 atom stereocenters. The van der Waals surface area contributed by atoms with Crippen molar-refractivity contribution in [2.24, 2.45) is 0 Å². The summed E-state index contributed by atoms with van der Waals surface area (Å²) in [6.07, 6.45) is 1.41. The minimum atomic E-state index is -0.710. The van der Waals surface area contributed by atoms with Crippen molar-refractivity contribution >= 4 is 17.4 Å². The van der Waals surface area contributed by atoms with Gasteiger partial charge in [0.25, 0.3) is 5.91 Å². The smallest absolute Gasteiger partial charge is 0.291 e. The van der Waals surface area contributed by atoms with E-state index in [9.17, 15) is 14.0 Å². The molecule has 0 aliphatic rings. The summed E-state index contributed by atoms with van der Waals surface area (Å²) in [4.78, 5) is 23.8. The van der Waals surface area contributed by atoms with Crippen LogP contribution in [0.25, 0.3) is 0 Å². The Balaban J connectivity index is 1.83. The quantitative estimate of drug-likeness (QED) is 0.789. The first-order valence-electron chi connectivity index (χ1n) is 7.73. The monoisotopic (exact) mass is 329 g/mol. The van der Waals surface area contributed by atoms with Gasteiger partial charge in [-0.2, -0.15) is 0 Å². The molecule has 2 rings (SSSR count). The van der Waals surface area contributed by atoms with Gasteiger partial charge in [-0.1, -0.05) is 18.2 Å². The molecule has 0 unspecified atom stereocenters. The summed E-state index contributed by atoms with van der Waals surface area (Å²) in [6.45, 7) is 1.55. The highest BCUT2D eigenvalue weighted by Gasteiger charge is 2.15. The maximum atomic E-state index is 13.4. The molecule has 0 spiro atoms. The van der Waals surface area contributed by atoms with Crippen LogP contribution in [0.2, 0.25) is 0 Å². The van der Waals surface area contributed by atoms with E-state index in [0.29, 0.717) is 24.1 Å². The van der Waals surface area contributed by atoms with Crippen LogP contribution in [0.1, 0.15) is 24.0 Å². The Labute approximate surface area is 140 Å². The molecule has 0 saturated heterocycles. The van der Waals surface area contributed by atoms with E-state index >= 15 is 0 Å². The van der Waals surface area contributed by atoms with Gasteiger partial charge in [0.1, 0.15) is 11.6 Å². The lowest BCUT2D eigenvalue weighted by atomic mass is 10.1. The fourth-order valence-electron chi connectivity index (χ4n) is 2.29. The van der Waals surface area contributed by atoms with Crippen LogP contribution in [-0.2, 0) is 16.0 Å². The molecular formula is C19H20FNO3. The fourth-order valence-corrected chi connectivity index (χ4v) is 2.29. The van der Waals surface area contributed by atoms with Crippen LogP contribution in [0.15, 0.2) is 42.5 Å². The number of ether oxygens (including phenoxy) is 1. The van der Waals surface area contributed by atoms with Gasteiger partial charge in [-0.3, -0.25) is 9.59 Å². The average molecular weight is 329 g/mol. The van der Waals surface area contributed by atoms with Crippen LogP contribution in [-0.4, -0.2) is 18.8 Å². The molecule has 0 heterocycles. The third-order valence-corrected chi connectivity index (χ3v) is 3.80. The minimum Gasteiger partial charge on any atom is -0.497 e. The molecule has 5 heteroatoms. The molecule has 0 aromatic heterocycles. The maximum absolute atomic E-state index is 13.4. The Bertz CT molecular complexity index is 726. The first-order valence-corrected chi connectivity index (χ1v) is 7.73. The van der Waals surface area contributed by atoms with E-state index in [0.717, 1.165) is 11.3 Å². The molecular weight excluding hydrogens is 309 g/mol. The summed E-state index contributed by atoms with van der Waals surface area (Å²) >= 11 is 0. The molecule has 0 fully saturated rings. The maximum Gasteiger partial charge on any atom is 0.291 e. The van der Waals surface area contributed by atoms with Crippen LogP contribution >= 0.6 is 0 Å². The molecule has 24 heavy (non-hydrogen) atoms. The molecule has 2 aromatic rings. The largest absolute Gasteiger partial charge is 0.497 e. The van der Waals surface area contributed by atoms with E-state index < -0.39 is 17.5 Å². The molecule has 2 aromatic carbocycles. The summed E-state index contributed by atoms with van der Waals surface area (Å²) < 4.78 is 18.5. The van der Waals surface area contributed by atoms with Crippen molar-refractivity contribution in [3.8, 4) is 5.75 Å². The number of hydrogen-bond donors (Lipinski definition) is 1. The first-order chi connectivity index (χ1) is 11.5. The Morgan fingerprint density at radius 3 is 2.50 bits per heavy atom. The third kappa shape index (κ3) is 4.65. The van der Waals surface area contributed by atoms with Gasteiger partial charge in [-0.25, -0.2) is 4.39 Å². The summed E-state index contributed by atoms with van der Waals surface area (Å²) in [5.41, 5.74) is 1.71. The molecule has 1 N–H and O–H groups in total. The van der Waals surface area contributed by atoms with E-state index in [4.69, 9.17) is 4.74 Å². The average Bonchev–Trinajstić information content (AvgIpc) is 2.59. The van der Waals surface area contributed by atoms with Crippen molar-refractivity contribution < 1.29 is 18.7 Å². The lowest BCUT2D eigenvalue weighted by Gasteiger charge is -2.08. The van der Waals surface area contributed by atoms with Crippen LogP contribution in [0.3, 0.4) is 0 Å². The predicted molar refractivity (Wildman–Crippen MR) is 90.7 cm³/mol. The minimum absolute atomic E-state index is 0.145. The van der Waals surface area contributed by atoms with E-state index in [-0.39, 0.29) is 6.42 Å². The zero-order valence-electron chi connectivity index (χ0n) is 13.8. The Morgan fingerprint density at radius 2 is 1.83 bits per heavy atom. The van der Waals surface area contributed by atoms with Gasteiger partial charge in [-0.15, -0.1) is 0 Å². The SMILES string of the molecule is COc1ccc(CCCC(=O)C(=O)Nc2cccc(F)c2C)cc1. The highest BCUT2D eigenvalue weighted by molar-refractivity contribution is 6.40. The molecule has 0 saturated carbocycles. The Hall–Kier alpha value is -2.69. The number of benzene rings is 2. The number of aryl methyl sites for hydroxylation is 1. The normalized spacial score (nSPS) is 10.3. The summed E-state index contributed by atoms with van der Waals surface area (Å²) in [6, 6.07) is 11.9. The lowest BCUT2D eigenvalue weighted by molar-refractivity contribution is -0.134. The van der Waals surface area contributed by atoms with E-state index in [1.165, 1.54) is 12.1 Å². The number of methoxy groups -OCH3 is 1. The van der Waals surface area contributed by atoms with Crippen LogP contribution in [0.5, 0.6) is 5.75 Å². The Kier molecular flexibility index (Phi) is 6.07. The molecule has 4 nitrogen and oxygen atoms in total. The molecule has 0 bridgehead atoms. The summed E-state index contributed by atoms with van der Waals surface area (Å²) in [7, 11) is 1.60. The molecule has 0 aliphatic heterocycles. The van der Waals surface area contributed by atoms with Gasteiger partial charge in [0.15, 0.2) is 0 Å². The molecule has 126 valence electrons.